The van der Waals surface area contributed by atoms with Crippen LogP contribution in [0.2, 0.25) is 0 Å². The maximum Gasteiger partial charge on any atom is 0.124 e. The van der Waals surface area contributed by atoms with E-state index in [1.54, 1.807) is 7.11 Å². The van der Waals surface area contributed by atoms with E-state index in [1.165, 1.54) is 11.1 Å². The molecule has 0 aromatic heterocycles. The highest BCUT2D eigenvalue weighted by molar-refractivity contribution is 5.43. The topological polar surface area (TPSA) is 30.5 Å². The Hall–Kier alpha value is -2.00. The van der Waals surface area contributed by atoms with Crippen molar-refractivity contribution in [2.24, 2.45) is 0 Å². The van der Waals surface area contributed by atoms with Crippen molar-refractivity contribution in [3.63, 3.8) is 0 Å². The van der Waals surface area contributed by atoms with Gasteiger partial charge in [0.05, 0.1) is 13.2 Å². The summed E-state index contributed by atoms with van der Waals surface area (Å²) in [4.78, 5) is 0. The van der Waals surface area contributed by atoms with E-state index in [0.29, 0.717) is 6.61 Å². The van der Waals surface area contributed by atoms with Crippen LogP contribution in [0.5, 0.6) is 11.5 Å². The molecule has 3 rings (SSSR count). The summed E-state index contributed by atoms with van der Waals surface area (Å²) in [5.41, 5.74) is 2.41. The molecule has 0 radical (unpaired) electrons. The van der Waals surface area contributed by atoms with Gasteiger partial charge in [0.15, 0.2) is 0 Å². The predicted molar refractivity (Wildman–Crippen MR) is 74.8 cm³/mol. The molecular formula is C16H17NO2. The summed E-state index contributed by atoms with van der Waals surface area (Å²) >= 11 is 0. The number of benzene rings is 2. The molecule has 2 aromatic carbocycles. The number of para-hydroxylation sites is 1. The molecule has 1 atom stereocenters. The number of rotatable bonds is 2. The van der Waals surface area contributed by atoms with Crippen LogP contribution in [0.1, 0.15) is 17.2 Å². The zero-order valence-corrected chi connectivity index (χ0v) is 10.9. The van der Waals surface area contributed by atoms with Crippen molar-refractivity contribution < 1.29 is 9.47 Å². The third-order valence-electron chi connectivity index (χ3n) is 3.39. The molecule has 0 bridgehead atoms. The molecule has 19 heavy (non-hydrogen) atoms. The van der Waals surface area contributed by atoms with Gasteiger partial charge in [-0.2, -0.15) is 0 Å². The molecule has 1 aliphatic rings. The van der Waals surface area contributed by atoms with Crippen molar-refractivity contribution in [1.82, 2.24) is 5.32 Å². The van der Waals surface area contributed by atoms with E-state index in [9.17, 15) is 0 Å². The summed E-state index contributed by atoms with van der Waals surface area (Å²) in [6.07, 6.45) is 0. The molecule has 0 aliphatic carbocycles. The lowest BCUT2D eigenvalue weighted by molar-refractivity contribution is 0.325. The van der Waals surface area contributed by atoms with E-state index in [2.05, 4.69) is 23.5 Å². The van der Waals surface area contributed by atoms with Gasteiger partial charge in [0.2, 0.25) is 0 Å². The average molecular weight is 255 g/mol. The van der Waals surface area contributed by atoms with Crippen molar-refractivity contribution in [3.05, 3.63) is 59.7 Å². The summed E-state index contributed by atoms with van der Waals surface area (Å²) in [5, 5.41) is 3.53. The maximum atomic E-state index is 5.76. The second kappa shape index (κ2) is 5.33. The highest BCUT2D eigenvalue weighted by Gasteiger charge is 2.20. The van der Waals surface area contributed by atoms with E-state index in [1.807, 2.05) is 30.3 Å². The third-order valence-corrected chi connectivity index (χ3v) is 3.39. The van der Waals surface area contributed by atoms with Gasteiger partial charge in [0.25, 0.3) is 0 Å². The Balaban J connectivity index is 1.99. The van der Waals surface area contributed by atoms with Crippen LogP contribution in [-0.2, 0) is 0 Å². The quantitative estimate of drug-likeness (QED) is 0.895. The molecule has 3 nitrogen and oxygen atoms in total. The van der Waals surface area contributed by atoms with Crippen LogP contribution in [-0.4, -0.2) is 20.3 Å². The molecule has 1 heterocycles. The fourth-order valence-corrected chi connectivity index (χ4v) is 2.42. The molecule has 0 saturated heterocycles. The summed E-state index contributed by atoms with van der Waals surface area (Å²) in [7, 11) is 1.68. The van der Waals surface area contributed by atoms with Gasteiger partial charge >= 0.3 is 0 Å². The predicted octanol–water partition coefficient (Wildman–Crippen LogP) is 2.77. The normalized spacial score (nSPS) is 18.1. The highest BCUT2D eigenvalue weighted by Crippen LogP contribution is 2.32. The molecule has 0 saturated carbocycles. The van der Waals surface area contributed by atoms with Gasteiger partial charge in [0, 0.05) is 12.1 Å². The summed E-state index contributed by atoms with van der Waals surface area (Å²) in [5.74, 6) is 1.84. The molecule has 0 amide bonds. The van der Waals surface area contributed by atoms with Gasteiger partial charge in [-0.1, -0.05) is 30.3 Å². The molecule has 0 spiro atoms. The van der Waals surface area contributed by atoms with Gasteiger partial charge in [0.1, 0.15) is 18.1 Å². The zero-order chi connectivity index (χ0) is 13.1. The van der Waals surface area contributed by atoms with Crippen molar-refractivity contribution in [3.8, 4) is 11.5 Å². The first-order chi connectivity index (χ1) is 9.38. The number of hydrogen-bond acceptors (Lipinski definition) is 3. The molecule has 1 aliphatic heterocycles. The Morgan fingerprint density at radius 2 is 1.89 bits per heavy atom. The third kappa shape index (κ3) is 2.42. The van der Waals surface area contributed by atoms with Gasteiger partial charge in [-0.3, -0.25) is 0 Å². The van der Waals surface area contributed by atoms with Gasteiger partial charge < -0.3 is 14.8 Å². The van der Waals surface area contributed by atoms with Crippen LogP contribution in [0, 0.1) is 0 Å². The molecule has 98 valence electrons. The zero-order valence-electron chi connectivity index (χ0n) is 10.9. The lowest BCUT2D eigenvalue weighted by atomic mass is 9.98. The first-order valence-corrected chi connectivity index (χ1v) is 6.47. The SMILES string of the molecule is COc1ccc(C2NCCOc3ccccc32)cc1. The van der Waals surface area contributed by atoms with Gasteiger partial charge in [-0.15, -0.1) is 0 Å². The van der Waals surface area contributed by atoms with E-state index >= 15 is 0 Å². The Morgan fingerprint density at radius 1 is 1.11 bits per heavy atom. The number of ether oxygens (including phenoxy) is 2. The van der Waals surface area contributed by atoms with E-state index in [-0.39, 0.29) is 6.04 Å². The second-order valence-electron chi connectivity index (χ2n) is 4.55. The lowest BCUT2D eigenvalue weighted by Crippen LogP contribution is -2.23. The smallest absolute Gasteiger partial charge is 0.124 e. The fraction of sp³-hybridized carbons (Fsp3) is 0.250. The van der Waals surface area contributed by atoms with Crippen LogP contribution in [0.3, 0.4) is 0 Å². The Labute approximate surface area is 113 Å². The maximum absolute atomic E-state index is 5.76. The van der Waals surface area contributed by atoms with Crippen molar-refractivity contribution in [2.45, 2.75) is 6.04 Å². The van der Waals surface area contributed by atoms with Crippen LogP contribution >= 0.6 is 0 Å². The molecule has 1 N–H and O–H groups in total. The first kappa shape index (κ1) is 12.1. The Morgan fingerprint density at radius 3 is 2.68 bits per heavy atom. The van der Waals surface area contributed by atoms with E-state index in [4.69, 9.17) is 9.47 Å². The molecule has 0 fully saturated rings. The van der Waals surface area contributed by atoms with E-state index in [0.717, 1.165) is 18.0 Å². The van der Waals surface area contributed by atoms with Gasteiger partial charge in [-0.05, 0) is 23.8 Å². The Kier molecular flexibility index (Phi) is 3.38. The number of nitrogens with one attached hydrogen (secondary N) is 1. The van der Waals surface area contributed by atoms with Crippen molar-refractivity contribution >= 4 is 0 Å². The summed E-state index contributed by atoms with van der Waals surface area (Å²) in [6.45, 7) is 1.54. The van der Waals surface area contributed by atoms with Crippen LogP contribution < -0.4 is 14.8 Å². The summed E-state index contributed by atoms with van der Waals surface area (Å²) in [6, 6.07) is 16.5. The average Bonchev–Trinajstić information content (AvgIpc) is 2.70. The second-order valence-corrected chi connectivity index (χ2v) is 4.55. The first-order valence-electron chi connectivity index (χ1n) is 6.47. The molecule has 2 aromatic rings. The lowest BCUT2D eigenvalue weighted by Gasteiger charge is -2.18. The molecule has 3 heteroatoms. The molecule has 1 unspecified atom stereocenters. The number of methoxy groups -OCH3 is 1. The fourth-order valence-electron chi connectivity index (χ4n) is 2.42. The monoisotopic (exact) mass is 255 g/mol. The largest absolute Gasteiger partial charge is 0.497 e. The van der Waals surface area contributed by atoms with E-state index < -0.39 is 0 Å². The minimum absolute atomic E-state index is 0.171. The van der Waals surface area contributed by atoms with Crippen molar-refractivity contribution in [2.75, 3.05) is 20.3 Å². The minimum Gasteiger partial charge on any atom is -0.497 e. The van der Waals surface area contributed by atoms with Crippen LogP contribution in [0.15, 0.2) is 48.5 Å². The number of fused-ring (bicyclic) bond motifs is 1. The minimum atomic E-state index is 0.171. The van der Waals surface area contributed by atoms with Gasteiger partial charge in [-0.25, -0.2) is 0 Å². The Bertz CT molecular complexity index is 551. The standard InChI is InChI=1S/C16H17NO2/c1-18-13-8-6-12(7-9-13)16-14-4-2-3-5-15(14)19-11-10-17-16/h2-9,16-17H,10-11H2,1H3. The summed E-state index contributed by atoms with van der Waals surface area (Å²) < 4.78 is 11.0. The number of hydrogen-bond donors (Lipinski definition) is 1. The van der Waals surface area contributed by atoms with Crippen LogP contribution in [0.4, 0.5) is 0 Å². The van der Waals surface area contributed by atoms with Crippen molar-refractivity contribution in [1.29, 1.82) is 0 Å². The molecular weight excluding hydrogens is 238 g/mol. The highest BCUT2D eigenvalue weighted by atomic mass is 16.5. The van der Waals surface area contributed by atoms with Crippen LogP contribution in [0.25, 0.3) is 0 Å².